The van der Waals surface area contributed by atoms with Crippen molar-refractivity contribution in [1.29, 1.82) is 0 Å². The van der Waals surface area contributed by atoms with Crippen molar-refractivity contribution in [3.63, 3.8) is 0 Å². The molecule has 0 aliphatic rings. The third kappa shape index (κ3) is 12.2. The molecule has 146 valence electrons. The van der Waals surface area contributed by atoms with Gasteiger partial charge in [0.2, 0.25) is 0 Å². The molecule has 4 heteroatoms. The fourth-order valence-corrected chi connectivity index (χ4v) is 3.17. The van der Waals surface area contributed by atoms with Crippen LogP contribution < -0.4 is 5.32 Å². The van der Waals surface area contributed by atoms with Crippen LogP contribution in [-0.2, 0) is 0 Å². The summed E-state index contributed by atoms with van der Waals surface area (Å²) in [5.74, 6) is 0. The zero-order valence-corrected chi connectivity index (χ0v) is 16.2. The van der Waals surface area contributed by atoms with Crippen molar-refractivity contribution >= 4 is 0 Å². The molecule has 0 rings (SSSR count). The van der Waals surface area contributed by atoms with Crippen LogP contribution in [0.1, 0.15) is 96.8 Å². The Morgan fingerprint density at radius 1 is 0.792 bits per heavy atom. The monoisotopic (exact) mass is 347 g/mol. The van der Waals surface area contributed by atoms with E-state index in [1.165, 1.54) is 64.2 Å². The Hall–Kier alpha value is -0.190. The number of likely N-dealkylation sites (N-methyl/N-ethyl adjacent to an activating group) is 1. The van der Waals surface area contributed by atoms with E-state index in [1.807, 2.05) is 0 Å². The number of hydrogen-bond acceptors (Lipinski definition) is 3. The first-order chi connectivity index (χ1) is 11.6. The number of alkyl halides is 1. The van der Waals surface area contributed by atoms with E-state index in [0.717, 1.165) is 12.8 Å². The van der Waals surface area contributed by atoms with E-state index in [9.17, 15) is 14.6 Å². The number of aliphatic hydroxyl groups excluding tert-OH is 2. The van der Waals surface area contributed by atoms with E-state index in [2.05, 4.69) is 12.2 Å². The Labute approximate surface area is 149 Å². The molecule has 0 aromatic carbocycles. The van der Waals surface area contributed by atoms with E-state index >= 15 is 0 Å². The number of hydrogen-bond donors (Lipinski definition) is 3. The lowest BCUT2D eigenvalue weighted by molar-refractivity contribution is 0.0665. The van der Waals surface area contributed by atoms with Gasteiger partial charge in [0.15, 0.2) is 0 Å². The highest BCUT2D eigenvalue weighted by Gasteiger charge is 2.30. The van der Waals surface area contributed by atoms with Crippen LogP contribution in [0.4, 0.5) is 4.39 Å². The average Bonchev–Trinajstić information content (AvgIpc) is 2.60. The second-order valence-electron chi connectivity index (χ2n) is 7.33. The molecule has 24 heavy (non-hydrogen) atoms. The van der Waals surface area contributed by atoms with Crippen molar-refractivity contribution in [1.82, 2.24) is 5.32 Å². The number of unbranched alkanes of at least 4 members (excludes halogenated alkanes) is 11. The second-order valence-corrected chi connectivity index (χ2v) is 7.33. The summed E-state index contributed by atoms with van der Waals surface area (Å²) >= 11 is 0. The first kappa shape index (κ1) is 23.8. The molecule has 3 nitrogen and oxygen atoms in total. The van der Waals surface area contributed by atoms with Gasteiger partial charge in [-0.1, -0.05) is 84.0 Å². The van der Waals surface area contributed by atoms with Gasteiger partial charge in [0, 0.05) is 6.42 Å². The topological polar surface area (TPSA) is 52.5 Å². The molecule has 0 fully saturated rings. The van der Waals surface area contributed by atoms with Gasteiger partial charge < -0.3 is 15.5 Å². The summed E-state index contributed by atoms with van der Waals surface area (Å²) in [4.78, 5) is 0. The molecule has 0 heterocycles. The summed E-state index contributed by atoms with van der Waals surface area (Å²) in [7, 11) is 1.66. The third-order valence-corrected chi connectivity index (χ3v) is 5.12. The molecular formula is C20H42FNO2. The SMILES string of the molecule is CCCCCCCCCCCCCCC(F)CC(CO)(CO)NC. The Kier molecular flexibility index (Phi) is 16.2. The van der Waals surface area contributed by atoms with Gasteiger partial charge in [-0.05, 0) is 13.5 Å². The third-order valence-electron chi connectivity index (χ3n) is 5.12. The molecule has 3 N–H and O–H groups in total. The Balaban J connectivity index is 3.43. The van der Waals surface area contributed by atoms with Crippen molar-refractivity contribution in [3.8, 4) is 0 Å². The zero-order valence-electron chi connectivity index (χ0n) is 16.2. The van der Waals surface area contributed by atoms with Gasteiger partial charge in [0.05, 0.1) is 18.8 Å². The minimum absolute atomic E-state index is 0.175. The summed E-state index contributed by atoms with van der Waals surface area (Å²) in [6, 6.07) is 0. The lowest BCUT2D eigenvalue weighted by Crippen LogP contribution is -2.51. The van der Waals surface area contributed by atoms with E-state index in [-0.39, 0.29) is 19.6 Å². The summed E-state index contributed by atoms with van der Waals surface area (Å²) in [6.45, 7) is 1.78. The predicted molar refractivity (Wildman–Crippen MR) is 101 cm³/mol. The molecule has 1 unspecified atom stereocenters. The molecule has 0 bridgehead atoms. The molecule has 0 saturated carbocycles. The van der Waals surface area contributed by atoms with Crippen LogP contribution in [0.2, 0.25) is 0 Å². The van der Waals surface area contributed by atoms with E-state index in [0.29, 0.717) is 6.42 Å². The summed E-state index contributed by atoms with van der Waals surface area (Å²) < 4.78 is 14.0. The molecule has 0 radical (unpaired) electrons. The minimum atomic E-state index is -0.958. The van der Waals surface area contributed by atoms with Crippen LogP contribution in [0.15, 0.2) is 0 Å². The summed E-state index contributed by atoms with van der Waals surface area (Å²) in [5.41, 5.74) is -0.878. The van der Waals surface area contributed by atoms with Crippen molar-refractivity contribution in [2.45, 2.75) is 109 Å². The van der Waals surface area contributed by atoms with Gasteiger partial charge in [-0.15, -0.1) is 0 Å². The van der Waals surface area contributed by atoms with Crippen LogP contribution in [0, 0.1) is 0 Å². The van der Waals surface area contributed by atoms with Crippen molar-refractivity contribution in [2.75, 3.05) is 20.3 Å². The van der Waals surface area contributed by atoms with Gasteiger partial charge in [0.1, 0.15) is 6.17 Å². The van der Waals surface area contributed by atoms with Crippen molar-refractivity contribution in [3.05, 3.63) is 0 Å². The molecule has 0 saturated heterocycles. The smallest absolute Gasteiger partial charge is 0.102 e. The van der Waals surface area contributed by atoms with Gasteiger partial charge in [-0.25, -0.2) is 4.39 Å². The summed E-state index contributed by atoms with van der Waals surface area (Å²) in [5, 5.41) is 21.5. The largest absolute Gasteiger partial charge is 0.394 e. The van der Waals surface area contributed by atoms with Crippen LogP contribution >= 0.6 is 0 Å². The van der Waals surface area contributed by atoms with Gasteiger partial charge in [-0.3, -0.25) is 0 Å². The van der Waals surface area contributed by atoms with Crippen LogP contribution in [0.5, 0.6) is 0 Å². The summed E-state index contributed by atoms with van der Waals surface area (Å²) in [6.07, 6.45) is 15.1. The van der Waals surface area contributed by atoms with E-state index < -0.39 is 11.7 Å². The molecule has 0 aromatic heterocycles. The van der Waals surface area contributed by atoms with Crippen molar-refractivity contribution in [2.24, 2.45) is 0 Å². The first-order valence-electron chi connectivity index (χ1n) is 10.2. The number of rotatable bonds is 18. The number of halogens is 1. The maximum atomic E-state index is 14.0. The second kappa shape index (κ2) is 16.3. The van der Waals surface area contributed by atoms with Crippen LogP contribution in [-0.4, -0.2) is 42.2 Å². The van der Waals surface area contributed by atoms with Crippen LogP contribution in [0.3, 0.4) is 0 Å². The normalized spacial score (nSPS) is 13.4. The predicted octanol–water partition coefficient (Wildman–Crippen LogP) is 4.75. The highest BCUT2D eigenvalue weighted by molar-refractivity contribution is 4.88. The molecule has 1 atom stereocenters. The van der Waals surface area contributed by atoms with Gasteiger partial charge in [0.25, 0.3) is 0 Å². The standard InChI is InChI=1S/C20H42FNO2/c1-3-4-5-6-7-8-9-10-11-12-13-14-15-19(21)16-20(17-23,18-24)22-2/h19,22-24H,3-18H2,1-2H3. The van der Waals surface area contributed by atoms with Gasteiger partial charge >= 0.3 is 0 Å². The quantitative estimate of drug-likeness (QED) is 0.314. The van der Waals surface area contributed by atoms with Crippen LogP contribution in [0.25, 0.3) is 0 Å². The number of nitrogens with one attached hydrogen (secondary N) is 1. The fourth-order valence-electron chi connectivity index (χ4n) is 3.17. The highest BCUT2D eigenvalue weighted by atomic mass is 19.1. The molecule has 0 aliphatic heterocycles. The molecule has 0 aliphatic carbocycles. The van der Waals surface area contributed by atoms with Gasteiger partial charge in [-0.2, -0.15) is 0 Å². The zero-order chi connectivity index (χ0) is 18.1. The molecular weight excluding hydrogens is 305 g/mol. The molecule has 0 spiro atoms. The Morgan fingerprint density at radius 2 is 1.21 bits per heavy atom. The lowest BCUT2D eigenvalue weighted by atomic mass is 9.92. The molecule has 0 aromatic rings. The average molecular weight is 348 g/mol. The maximum absolute atomic E-state index is 14.0. The van der Waals surface area contributed by atoms with E-state index in [4.69, 9.17) is 0 Å². The number of aliphatic hydroxyl groups is 2. The Morgan fingerprint density at radius 3 is 1.58 bits per heavy atom. The fraction of sp³-hybridized carbons (Fsp3) is 1.00. The maximum Gasteiger partial charge on any atom is 0.102 e. The van der Waals surface area contributed by atoms with E-state index in [1.54, 1.807) is 7.05 Å². The lowest BCUT2D eigenvalue weighted by Gasteiger charge is -2.30. The highest BCUT2D eigenvalue weighted by Crippen LogP contribution is 2.19. The van der Waals surface area contributed by atoms with Crippen molar-refractivity contribution < 1.29 is 14.6 Å². The molecule has 0 amide bonds. The Bertz CT molecular complexity index is 252. The minimum Gasteiger partial charge on any atom is -0.394 e. The first-order valence-corrected chi connectivity index (χ1v) is 10.2.